The molecule has 1 aromatic heterocycles. The van der Waals surface area contributed by atoms with Gasteiger partial charge in [0, 0.05) is 18.8 Å². The molecule has 6 heteroatoms. The standard InChI is InChI=1S/C11H19N3O3/c1-11(2,3)8(4-5-15)14-9(16)7-6-12-10(17)13-7/h6,8,15H,4-5H2,1-3H3,(H,14,16)(H2,12,13,17). The van der Waals surface area contributed by atoms with Crippen molar-refractivity contribution >= 4 is 5.91 Å². The Kier molecular flexibility index (Phi) is 4.11. The first-order valence-corrected chi connectivity index (χ1v) is 5.54. The largest absolute Gasteiger partial charge is 0.396 e. The van der Waals surface area contributed by atoms with E-state index in [1.165, 1.54) is 6.20 Å². The number of hydrogen-bond donors (Lipinski definition) is 4. The van der Waals surface area contributed by atoms with Gasteiger partial charge in [0.15, 0.2) is 0 Å². The predicted molar refractivity (Wildman–Crippen MR) is 63.8 cm³/mol. The highest BCUT2D eigenvalue weighted by molar-refractivity contribution is 5.92. The van der Waals surface area contributed by atoms with Gasteiger partial charge in [0.2, 0.25) is 0 Å². The molecular formula is C11H19N3O3. The zero-order chi connectivity index (χ0) is 13.1. The molecule has 0 fully saturated rings. The molecule has 17 heavy (non-hydrogen) atoms. The van der Waals surface area contributed by atoms with Crippen LogP contribution in [0.4, 0.5) is 0 Å². The van der Waals surface area contributed by atoms with E-state index in [0.717, 1.165) is 0 Å². The minimum Gasteiger partial charge on any atom is -0.396 e. The molecule has 0 aromatic carbocycles. The maximum atomic E-state index is 11.8. The van der Waals surface area contributed by atoms with Crippen LogP contribution in [0.3, 0.4) is 0 Å². The van der Waals surface area contributed by atoms with Gasteiger partial charge in [-0.1, -0.05) is 20.8 Å². The monoisotopic (exact) mass is 241 g/mol. The quantitative estimate of drug-likeness (QED) is 0.607. The maximum absolute atomic E-state index is 11.8. The van der Waals surface area contributed by atoms with Gasteiger partial charge in [0.1, 0.15) is 5.69 Å². The van der Waals surface area contributed by atoms with Crippen molar-refractivity contribution in [2.75, 3.05) is 6.61 Å². The Balaban J connectivity index is 2.74. The molecule has 0 saturated heterocycles. The highest BCUT2D eigenvalue weighted by atomic mass is 16.3. The Labute approximate surface area is 99.4 Å². The van der Waals surface area contributed by atoms with E-state index in [1.807, 2.05) is 20.8 Å². The van der Waals surface area contributed by atoms with Gasteiger partial charge in [-0.3, -0.25) is 4.79 Å². The van der Waals surface area contributed by atoms with E-state index in [2.05, 4.69) is 15.3 Å². The van der Waals surface area contributed by atoms with E-state index in [9.17, 15) is 9.59 Å². The third-order valence-electron chi connectivity index (χ3n) is 2.61. The van der Waals surface area contributed by atoms with Crippen molar-refractivity contribution in [3.05, 3.63) is 22.4 Å². The molecule has 1 aromatic rings. The molecule has 1 heterocycles. The van der Waals surface area contributed by atoms with Crippen molar-refractivity contribution in [2.45, 2.75) is 33.2 Å². The van der Waals surface area contributed by atoms with Gasteiger partial charge in [-0.15, -0.1) is 0 Å². The normalized spacial score (nSPS) is 13.4. The molecule has 96 valence electrons. The minimum absolute atomic E-state index is 0.00583. The van der Waals surface area contributed by atoms with Crippen LogP contribution in [0.5, 0.6) is 0 Å². The van der Waals surface area contributed by atoms with Crippen molar-refractivity contribution in [1.29, 1.82) is 0 Å². The van der Waals surface area contributed by atoms with Crippen LogP contribution in [0, 0.1) is 5.41 Å². The summed E-state index contributed by atoms with van der Waals surface area (Å²) in [5.74, 6) is -0.350. The van der Waals surface area contributed by atoms with E-state index in [0.29, 0.717) is 6.42 Å². The molecule has 0 saturated carbocycles. The number of rotatable bonds is 4. The van der Waals surface area contributed by atoms with E-state index in [-0.39, 0.29) is 29.7 Å². The lowest BCUT2D eigenvalue weighted by molar-refractivity contribution is 0.0880. The Morgan fingerprint density at radius 3 is 2.59 bits per heavy atom. The number of aromatic amines is 2. The number of aliphatic hydroxyl groups excluding tert-OH is 1. The summed E-state index contributed by atoms with van der Waals surface area (Å²) in [6, 6.07) is -0.154. The fourth-order valence-corrected chi connectivity index (χ4v) is 1.54. The lowest BCUT2D eigenvalue weighted by Crippen LogP contribution is -2.44. The summed E-state index contributed by atoms with van der Waals surface area (Å²) in [5.41, 5.74) is -0.374. The summed E-state index contributed by atoms with van der Waals surface area (Å²) in [6.45, 7) is 5.94. The summed E-state index contributed by atoms with van der Waals surface area (Å²) in [5, 5.41) is 11.8. The first-order valence-electron chi connectivity index (χ1n) is 5.54. The minimum atomic E-state index is -0.412. The third kappa shape index (κ3) is 3.74. The third-order valence-corrected chi connectivity index (χ3v) is 2.61. The van der Waals surface area contributed by atoms with Gasteiger partial charge >= 0.3 is 5.69 Å². The van der Waals surface area contributed by atoms with Gasteiger partial charge in [-0.05, 0) is 11.8 Å². The van der Waals surface area contributed by atoms with E-state index in [1.54, 1.807) is 0 Å². The van der Waals surface area contributed by atoms with Crippen LogP contribution >= 0.6 is 0 Å². The lowest BCUT2D eigenvalue weighted by atomic mass is 9.85. The van der Waals surface area contributed by atoms with Gasteiger partial charge < -0.3 is 20.4 Å². The second-order valence-electron chi connectivity index (χ2n) is 5.06. The Bertz CT molecular complexity index is 428. The molecule has 0 radical (unpaired) electrons. The number of carbonyl (C=O) groups excluding carboxylic acids is 1. The summed E-state index contributed by atoms with van der Waals surface area (Å²) in [7, 11) is 0. The molecule has 0 aliphatic carbocycles. The van der Waals surface area contributed by atoms with Crippen LogP contribution < -0.4 is 11.0 Å². The average molecular weight is 241 g/mol. The van der Waals surface area contributed by atoms with E-state index in [4.69, 9.17) is 5.11 Å². The van der Waals surface area contributed by atoms with E-state index >= 15 is 0 Å². The number of nitrogens with one attached hydrogen (secondary N) is 3. The zero-order valence-corrected chi connectivity index (χ0v) is 10.3. The van der Waals surface area contributed by atoms with Crippen LogP contribution in [-0.4, -0.2) is 33.6 Å². The molecule has 1 atom stereocenters. The smallest absolute Gasteiger partial charge is 0.323 e. The fraction of sp³-hybridized carbons (Fsp3) is 0.636. The van der Waals surface area contributed by atoms with Crippen LogP contribution in [-0.2, 0) is 0 Å². The van der Waals surface area contributed by atoms with Crippen molar-refractivity contribution < 1.29 is 9.90 Å². The number of imidazole rings is 1. The first kappa shape index (κ1) is 13.5. The summed E-state index contributed by atoms with van der Waals surface area (Å²) in [6.07, 6.45) is 1.81. The Hall–Kier alpha value is -1.56. The molecule has 0 aliphatic rings. The average Bonchev–Trinajstić information content (AvgIpc) is 2.62. The molecule has 1 amide bonds. The number of H-pyrrole nitrogens is 2. The first-order chi connectivity index (χ1) is 7.84. The molecule has 0 bridgehead atoms. The van der Waals surface area contributed by atoms with Crippen molar-refractivity contribution in [1.82, 2.24) is 15.3 Å². The SMILES string of the molecule is CC(C)(C)C(CCO)NC(=O)c1c[nH]c(=O)[nH]1. The van der Waals surface area contributed by atoms with Crippen molar-refractivity contribution in [2.24, 2.45) is 5.41 Å². The molecule has 6 nitrogen and oxygen atoms in total. The second-order valence-corrected chi connectivity index (χ2v) is 5.06. The zero-order valence-electron chi connectivity index (χ0n) is 10.3. The van der Waals surface area contributed by atoms with Crippen LogP contribution in [0.2, 0.25) is 0 Å². The number of hydrogen-bond acceptors (Lipinski definition) is 3. The van der Waals surface area contributed by atoms with Gasteiger partial charge in [-0.25, -0.2) is 4.79 Å². The fourth-order valence-electron chi connectivity index (χ4n) is 1.54. The maximum Gasteiger partial charge on any atom is 0.323 e. The topological polar surface area (TPSA) is 98.0 Å². The summed E-state index contributed by atoms with van der Waals surface area (Å²) in [4.78, 5) is 27.4. The highest BCUT2D eigenvalue weighted by Crippen LogP contribution is 2.21. The molecule has 1 rings (SSSR count). The van der Waals surface area contributed by atoms with Crippen molar-refractivity contribution in [3.8, 4) is 0 Å². The Morgan fingerprint density at radius 1 is 1.53 bits per heavy atom. The Morgan fingerprint density at radius 2 is 2.18 bits per heavy atom. The van der Waals surface area contributed by atoms with Crippen molar-refractivity contribution in [3.63, 3.8) is 0 Å². The van der Waals surface area contributed by atoms with Crippen LogP contribution in [0.1, 0.15) is 37.7 Å². The number of amides is 1. The second kappa shape index (κ2) is 5.18. The summed E-state index contributed by atoms with van der Waals surface area (Å²) >= 11 is 0. The van der Waals surface area contributed by atoms with Gasteiger partial charge in [0.05, 0.1) is 0 Å². The van der Waals surface area contributed by atoms with Gasteiger partial charge in [0.25, 0.3) is 5.91 Å². The predicted octanol–water partition coefficient (Wildman–Crippen LogP) is 0.230. The van der Waals surface area contributed by atoms with Crippen LogP contribution in [0.25, 0.3) is 0 Å². The van der Waals surface area contributed by atoms with Crippen LogP contribution in [0.15, 0.2) is 11.0 Å². The van der Waals surface area contributed by atoms with Gasteiger partial charge in [-0.2, -0.15) is 0 Å². The number of carbonyl (C=O) groups is 1. The molecule has 1 unspecified atom stereocenters. The molecule has 0 aliphatic heterocycles. The highest BCUT2D eigenvalue weighted by Gasteiger charge is 2.26. The number of aliphatic hydroxyl groups is 1. The summed E-state index contributed by atoms with van der Waals surface area (Å²) < 4.78 is 0. The molecule has 4 N–H and O–H groups in total. The molecular weight excluding hydrogens is 222 g/mol. The lowest BCUT2D eigenvalue weighted by Gasteiger charge is -2.30. The number of aromatic nitrogens is 2. The van der Waals surface area contributed by atoms with E-state index < -0.39 is 5.69 Å². The molecule has 0 spiro atoms.